The van der Waals surface area contributed by atoms with Crippen LogP contribution in [-0.2, 0) is 6.54 Å². The van der Waals surface area contributed by atoms with E-state index in [1.807, 2.05) is 18.2 Å². The van der Waals surface area contributed by atoms with Gasteiger partial charge >= 0.3 is 0 Å². The number of aromatic nitrogens is 3. The zero-order chi connectivity index (χ0) is 15.0. The molecule has 2 N–H and O–H groups in total. The molecule has 0 saturated carbocycles. The predicted octanol–water partition coefficient (Wildman–Crippen LogP) is 3.28. The molecule has 21 heavy (non-hydrogen) atoms. The van der Waals surface area contributed by atoms with Crippen molar-refractivity contribution in [1.29, 1.82) is 0 Å². The number of hydrogen-bond acceptors (Lipinski definition) is 3. The topological polar surface area (TPSA) is 56.7 Å². The monoisotopic (exact) mass is 284 g/mol. The van der Waals surface area contributed by atoms with E-state index in [9.17, 15) is 4.39 Å². The van der Waals surface area contributed by atoms with Crippen LogP contribution in [0, 0.1) is 5.82 Å². The maximum atomic E-state index is 13.1. The van der Waals surface area contributed by atoms with Crippen LogP contribution in [0.3, 0.4) is 0 Å². The second kappa shape index (κ2) is 5.26. The van der Waals surface area contributed by atoms with Gasteiger partial charge in [-0.3, -0.25) is 0 Å². The number of rotatable bonds is 3. The van der Waals surface area contributed by atoms with Gasteiger partial charge in [0, 0.05) is 12.6 Å². The first kappa shape index (κ1) is 13.7. The van der Waals surface area contributed by atoms with Gasteiger partial charge in [0.2, 0.25) is 0 Å². The Balaban J connectivity index is 2.25. The Bertz CT molecular complexity index is 775. The van der Waals surface area contributed by atoms with E-state index in [4.69, 9.17) is 5.73 Å². The van der Waals surface area contributed by atoms with Gasteiger partial charge in [0.25, 0.3) is 0 Å². The Morgan fingerprint density at radius 2 is 2.05 bits per heavy atom. The first-order valence-corrected chi connectivity index (χ1v) is 6.93. The predicted molar refractivity (Wildman–Crippen MR) is 81.2 cm³/mol. The van der Waals surface area contributed by atoms with E-state index in [-0.39, 0.29) is 11.9 Å². The normalized spacial score (nSPS) is 11.5. The Morgan fingerprint density at radius 1 is 1.24 bits per heavy atom. The number of imidazole rings is 1. The molecule has 0 aliphatic carbocycles. The molecule has 0 aliphatic rings. The maximum absolute atomic E-state index is 13.1. The standard InChI is InChI=1S/C16H17FN4/c1-10(2)21-15-6-3-11(8-18)7-14(15)20-16(21)13-5-4-12(17)9-19-13/h3-7,9-10H,8,18H2,1-2H3. The molecule has 4 nitrogen and oxygen atoms in total. The molecule has 0 unspecified atom stereocenters. The summed E-state index contributed by atoms with van der Waals surface area (Å²) >= 11 is 0. The van der Waals surface area contributed by atoms with Gasteiger partial charge in [0.05, 0.1) is 17.2 Å². The molecule has 1 aromatic carbocycles. The summed E-state index contributed by atoms with van der Waals surface area (Å²) in [5.41, 5.74) is 9.30. The van der Waals surface area contributed by atoms with Crippen molar-refractivity contribution in [3.8, 4) is 11.5 Å². The van der Waals surface area contributed by atoms with E-state index in [0.717, 1.165) is 22.4 Å². The largest absolute Gasteiger partial charge is 0.326 e. The van der Waals surface area contributed by atoms with Gasteiger partial charge in [0.15, 0.2) is 5.82 Å². The zero-order valence-corrected chi connectivity index (χ0v) is 12.0. The minimum Gasteiger partial charge on any atom is -0.326 e. The maximum Gasteiger partial charge on any atom is 0.160 e. The lowest BCUT2D eigenvalue weighted by atomic mass is 10.2. The molecule has 2 aromatic heterocycles. The molecular formula is C16H17FN4. The Labute approximate surface area is 122 Å². The van der Waals surface area contributed by atoms with Crippen LogP contribution in [0.25, 0.3) is 22.6 Å². The summed E-state index contributed by atoms with van der Waals surface area (Å²) in [6, 6.07) is 9.29. The van der Waals surface area contributed by atoms with Crippen LogP contribution in [0.1, 0.15) is 25.5 Å². The number of hydrogen-bond donors (Lipinski definition) is 1. The van der Waals surface area contributed by atoms with Crippen LogP contribution in [-0.4, -0.2) is 14.5 Å². The third kappa shape index (κ3) is 2.40. The molecule has 0 fully saturated rings. The van der Waals surface area contributed by atoms with Crippen molar-refractivity contribution in [2.75, 3.05) is 0 Å². The highest BCUT2D eigenvalue weighted by Crippen LogP contribution is 2.27. The summed E-state index contributed by atoms with van der Waals surface area (Å²) in [4.78, 5) is 8.81. The summed E-state index contributed by atoms with van der Waals surface area (Å²) in [6.07, 6.45) is 1.21. The van der Waals surface area contributed by atoms with Crippen molar-refractivity contribution < 1.29 is 4.39 Å². The number of halogens is 1. The van der Waals surface area contributed by atoms with Crippen molar-refractivity contribution in [1.82, 2.24) is 14.5 Å². The van der Waals surface area contributed by atoms with E-state index in [1.54, 1.807) is 6.07 Å². The fraction of sp³-hybridized carbons (Fsp3) is 0.250. The van der Waals surface area contributed by atoms with E-state index in [2.05, 4.69) is 28.4 Å². The highest BCUT2D eigenvalue weighted by molar-refractivity contribution is 5.81. The average Bonchev–Trinajstić information content (AvgIpc) is 2.86. The minimum absolute atomic E-state index is 0.223. The lowest BCUT2D eigenvalue weighted by molar-refractivity contribution is 0.616. The lowest BCUT2D eigenvalue weighted by Crippen LogP contribution is -2.04. The van der Waals surface area contributed by atoms with Crippen LogP contribution in [0.15, 0.2) is 36.5 Å². The molecule has 0 aliphatic heterocycles. The first-order valence-electron chi connectivity index (χ1n) is 6.93. The lowest BCUT2D eigenvalue weighted by Gasteiger charge is -2.12. The third-order valence-corrected chi connectivity index (χ3v) is 3.46. The molecule has 3 aromatic rings. The molecule has 108 valence electrons. The Kier molecular flexibility index (Phi) is 3.43. The molecular weight excluding hydrogens is 267 g/mol. The molecule has 0 bridgehead atoms. The van der Waals surface area contributed by atoms with E-state index < -0.39 is 0 Å². The summed E-state index contributed by atoms with van der Waals surface area (Å²) in [5, 5.41) is 0. The Morgan fingerprint density at radius 3 is 2.67 bits per heavy atom. The van der Waals surface area contributed by atoms with Gasteiger partial charge in [-0.25, -0.2) is 14.4 Å². The fourth-order valence-electron chi connectivity index (χ4n) is 2.48. The average molecular weight is 284 g/mol. The molecule has 3 rings (SSSR count). The third-order valence-electron chi connectivity index (χ3n) is 3.46. The van der Waals surface area contributed by atoms with Crippen molar-refractivity contribution in [3.05, 3.63) is 47.9 Å². The SMILES string of the molecule is CC(C)n1c(-c2ccc(F)cn2)nc2cc(CN)ccc21. The molecule has 0 saturated heterocycles. The summed E-state index contributed by atoms with van der Waals surface area (Å²) in [6.45, 7) is 4.66. The van der Waals surface area contributed by atoms with Crippen molar-refractivity contribution in [2.45, 2.75) is 26.4 Å². The molecule has 0 atom stereocenters. The minimum atomic E-state index is -0.351. The summed E-state index contributed by atoms with van der Waals surface area (Å²) in [7, 11) is 0. The van der Waals surface area contributed by atoms with Crippen LogP contribution in [0.2, 0.25) is 0 Å². The zero-order valence-electron chi connectivity index (χ0n) is 12.0. The number of nitrogens with two attached hydrogens (primary N) is 1. The van der Waals surface area contributed by atoms with Crippen molar-refractivity contribution >= 4 is 11.0 Å². The highest BCUT2D eigenvalue weighted by atomic mass is 19.1. The summed E-state index contributed by atoms with van der Waals surface area (Å²) in [5.74, 6) is 0.394. The smallest absolute Gasteiger partial charge is 0.160 e. The van der Waals surface area contributed by atoms with E-state index >= 15 is 0 Å². The van der Waals surface area contributed by atoms with Crippen molar-refractivity contribution in [2.24, 2.45) is 5.73 Å². The highest BCUT2D eigenvalue weighted by Gasteiger charge is 2.16. The summed E-state index contributed by atoms with van der Waals surface area (Å²) < 4.78 is 15.2. The van der Waals surface area contributed by atoms with Gasteiger partial charge in [-0.05, 0) is 43.7 Å². The molecule has 0 radical (unpaired) electrons. The molecule has 0 amide bonds. The number of benzene rings is 1. The number of pyridine rings is 1. The van der Waals surface area contributed by atoms with Gasteiger partial charge in [-0.2, -0.15) is 0 Å². The van der Waals surface area contributed by atoms with Crippen molar-refractivity contribution in [3.63, 3.8) is 0 Å². The van der Waals surface area contributed by atoms with Crippen LogP contribution in [0.4, 0.5) is 4.39 Å². The molecule has 0 spiro atoms. The number of nitrogens with zero attached hydrogens (tertiary/aromatic N) is 3. The van der Waals surface area contributed by atoms with Gasteiger partial charge < -0.3 is 10.3 Å². The fourth-order valence-corrected chi connectivity index (χ4v) is 2.48. The van der Waals surface area contributed by atoms with Crippen LogP contribution >= 0.6 is 0 Å². The Hall–Kier alpha value is -2.27. The van der Waals surface area contributed by atoms with Gasteiger partial charge in [-0.15, -0.1) is 0 Å². The van der Waals surface area contributed by atoms with E-state index in [1.165, 1.54) is 12.3 Å². The second-order valence-electron chi connectivity index (χ2n) is 5.29. The quantitative estimate of drug-likeness (QED) is 0.803. The first-order chi connectivity index (χ1) is 10.1. The molecule has 5 heteroatoms. The second-order valence-corrected chi connectivity index (χ2v) is 5.29. The number of fused-ring (bicyclic) bond motifs is 1. The van der Waals surface area contributed by atoms with Crippen LogP contribution in [0.5, 0.6) is 0 Å². The van der Waals surface area contributed by atoms with Gasteiger partial charge in [-0.1, -0.05) is 6.07 Å². The van der Waals surface area contributed by atoms with Crippen LogP contribution < -0.4 is 5.73 Å². The molecule has 2 heterocycles. The van der Waals surface area contributed by atoms with Gasteiger partial charge in [0.1, 0.15) is 11.5 Å². The van der Waals surface area contributed by atoms with E-state index in [0.29, 0.717) is 12.2 Å².